The molecule has 4 aromatic rings. The SMILES string of the molecule is COP(=O)(c1cc(C)cc(C)c1)c1c(C(=O)NCc2ccccc2C(F)(F)F)[nH]c2ccc(Cl)cc12. The molecule has 10 heteroatoms. The Morgan fingerprint density at radius 3 is 2.36 bits per heavy atom. The Balaban J connectivity index is 1.83. The van der Waals surface area contributed by atoms with Gasteiger partial charge in [-0.1, -0.05) is 47.0 Å². The maximum Gasteiger partial charge on any atom is 0.416 e. The summed E-state index contributed by atoms with van der Waals surface area (Å²) in [6.07, 6.45) is -4.57. The van der Waals surface area contributed by atoms with Gasteiger partial charge in [-0.2, -0.15) is 13.2 Å². The molecule has 1 aromatic heterocycles. The van der Waals surface area contributed by atoms with Gasteiger partial charge in [0.05, 0.1) is 10.9 Å². The molecule has 0 aliphatic heterocycles. The molecule has 0 saturated carbocycles. The summed E-state index contributed by atoms with van der Waals surface area (Å²) in [5, 5.41) is 3.81. The Morgan fingerprint density at radius 2 is 1.72 bits per heavy atom. The molecular weight excluding hydrogens is 512 g/mol. The lowest BCUT2D eigenvalue weighted by molar-refractivity contribution is -0.138. The van der Waals surface area contributed by atoms with Crippen molar-refractivity contribution in [3.63, 3.8) is 0 Å². The van der Waals surface area contributed by atoms with Gasteiger partial charge in [0.1, 0.15) is 5.69 Å². The van der Waals surface area contributed by atoms with E-state index in [1.165, 1.54) is 25.3 Å². The maximum absolute atomic E-state index is 14.4. The minimum atomic E-state index is -4.57. The van der Waals surface area contributed by atoms with Gasteiger partial charge in [-0.05, 0) is 55.8 Å². The topological polar surface area (TPSA) is 71.2 Å². The molecule has 1 heterocycles. The zero-order chi connectivity index (χ0) is 26.3. The summed E-state index contributed by atoms with van der Waals surface area (Å²) in [7, 11) is -2.54. The standard InChI is InChI=1S/C26H23ClF3N2O3P/c1-15-10-16(2)12-19(11-15)36(34,35-3)24-20-13-18(27)8-9-22(20)32-23(24)25(33)31-14-17-6-4-5-7-21(17)26(28,29)30/h4-13,32H,14H2,1-3H3,(H,31,33). The number of aryl methyl sites for hydroxylation is 2. The Morgan fingerprint density at radius 1 is 1.06 bits per heavy atom. The highest BCUT2D eigenvalue weighted by Crippen LogP contribution is 2.47. The second kappa shape index (κ2) is 9.77. The zero-order valence-electron chi connectivity index (χ0n) is 19.7. The van der Waals surface area contributed by atoms with E-state index in [0.29, 0.717) is 21.2 Å². The summed E-state index contributed by atoms with van der Waals surface area (Å²) in [5.74, 6) is -0.726. The highest BCUT2D eigenvalue weighted by atomic mass is 35.5. The van der Waals surface area contributed by atoms with Gasteiger partial charge in [0.25, 0.3) is 13.3 Å². The molecule has 188 valence electrons. The number of benzene rings is 3. The minimum absolute atomic E-state index is 0.0684. The third-order valence-corrected chi connectivity index (χ3v) is 8.56. The van der Waals surface area contributed by atoms with E-state index in [1.54, 1.807) is 30.3 Å². The molecule has 0 aliphatic rings. The third kappa shape index (κ3) is 4.94. The average Bonchev–Trinajstić information content (AvgIpc) is 3.20. The lowest BCUT2D eigenvalue weighted by Crippen LogP contribution is -2.30. The number of fused-ring (bicyclic) bond motifs is 1. The van der Waals surface area contributed by atoms with Crippen molar-refractivity contribution in [3.8, 4) is 0 Å². The highest BCUT2D eigenvalue weighted by Gasteiger charge is 2.37. The summed E-state index contributed by atoms with van der Waals surface area (Å²) in [6, 6.07) is 15.2. The van der Waals surface area contributed by atoms with Gasteiger partial charge in [0.2, 0.25) is 0 Å². The molecule has 0 bridgehead atoms. The molecule has 1 amide bonds. The minimum Gasteiger partial charge on any atom is -0.350 e. The fraction of sp³-hybridized carbons (Fsp3) is 0.192. The predicted octanol–water partition coefficient (Wildman–Crippen LogP) is 6.26. The van der Waals surface area contributed by atoms with Crippen LogP contribution in [-0.2, 0) is 21.8 Å². The van der Waals surface area contributed by atoms with Crippen LogP contribution in [0.3, 0.4) is 0 Å². The van der Waals surface area contributed by atoms with E-state index in [0.717, 1.165) is 17.2 Å². The molecule has 3 aromatic carbocycles. The van der Waals surface area contributed by atoms with Crippen LogP contribution in [0.2, 0.25) is 5.02 Å². The number of aromatic amines is 1. The number of carbonyl (C=O) groups is 1. The quantitative estimate of drug-likeness (QED) is 0.287. The van der Waals surface area contributed by atoms with Crippen LogP contribution >= 0.6 is 19.0 Å². The van der Waals surface area contributed by atoms with Crippen molar-refractivity contribution < 1.29 is 27.1 Å². The number of halogens is 4. The fourth-order valence-corrected chi connectivity index (χ4v) is 6.81. The number of hydrogen-bond donors (Lipinski definition) is 2. The largest absolute Gasteiger partial charge is 0.416 e. The average molecular weight is 535 g/mol. The lowest BCUT2D eigenvalue weighted by Gasteiger charge is -2.19. The molecule has 0 aliphatic carbocycles. The first-order valence-electron chi connectivity index (χ1n) is 10.9. The smallest absolute Gasteiger partial charge is 0.350 e. The van der Waals surface area contributed by atoms with Crippen molar-refractivity contribution in [1.82, 2.24) is 10.3 Å². The molecule has 0 saturated heterocycles. The Kier molecular flexibility index (Phi) is 7.06. The molecule has 0 radical (unpaired) electrons. The van der Waals surface area contributed by atoms with Crippen LogP contribution in [0.25, 0.3) is 10.9 Å². The van der Waals surface area contributed by atoms with Crippen molar-refractivity contribution in [2.75, 3.05) is 7.11 Å². The molecule has 0 spiro atoms. The van der Waals surface area contributed by atoms with Crippen molar-refractivity contribution in [3.05, 3.63) is 93.6 Å². The third-order valence-electron chi connectivity index (χ3n) is 5.82. The Bertz CT molecular complexity index is 1490. The van der Waals surface area contributed by atoms with Crippen molar-refractivity contribution in [2.24, 2.45) is 0 Å². The number of aromatic nitrogens is 1. The van der Waals surface area contributed by atoms with Crippen LogP contribution in [-0.4, -0.2) is 18.0 Å². The van der Waals surface area contributed by atoms with Gasteiger partial charge in [0.15, 0.2) is 0 Å². The van der Waals surface area contributed by atoms with Crippen molar-refractivity contribution in [1.29, 1.82) is 0 Å². The van der Waals surface area contributed by atoms with Crippen LogP contribution in [0, 0.1) is 13.8 Å². The number of rotatable bonds is 6. The first kappa shape index (κ1) is 26.0. The van der Waals surface area contributed by atoms with E-state index in [1.807, 2.05) is 19.9 Å². The number of hydrogen-bond acceptors (Lipinski definition) is 3. The second-order valence-corrected chi connectivity index (χ2v) is 11.3. The van der Waals surface area contributed by atoms with Crippen LogP contribution in [0.1, 0.15) is 32.7 Å². The van der Waals surface area contributed by atoms with E-state index in [4.69, 9.17) is 16.1 Å². The van der Waals surface area contributed by atoms with Gasteiger partial charge >= 0.3 is 6.18 Å². The lowest BCUT2D eigenvalue weighted by atomic mass is 10.1. The highest BCUT2D eigenvalue weighted by molar-refractivity contribution is 7.75. The zero-order valence-corrected chi connectivity index (χ0v) is 21.3. The number of amides is 1. The number of H-pyrrole nitrogens is 1. The summed E-state index contributed by atoms with van der Waals surface area (Å²) in [5.41, 5.74) is 1.19. The van der Waals surface area contributed by atoms with E-state index in [-0.39, 0.29) is 23.1 Å². The fourth-order valence-electron chi connectivity index (χ4n) is 4.28. The number of alkyl halides is 3. The molecule has 2 N–H and O–H groups in total. The summed E-state index contributed by atoms with van der Waals surface area (Å²) in [4.78, 5) is 16.3. The van der Waals surface area contributed by atoms with Gasteiger partial charge in [0, 0.05) is 34.9 Å². The molecule has 1 unspecified atom stereocenters. The monoisotopic (exact) mass is 534 g/mol. The summed E-state index contributed by atoms with van der Waals surface area (Å²) < 4.78 is 60.3. The van der Waals surface area contributed by atoms with E-state index in [9.17, 15) is 22.5 Å². The van der Waals surface area contributed by atoms with Gasteiger partial charge in [-0.15, -0.1) is 0 Å². The molecule has 36 heavy (non-hydrogen) atoms. The van der Waals surface area contributed by atoms with Crippen LogP contribution < -0.4 is 15.9 Å². The van der Waals surface area contributed by atoms with Gasteiger partial charge < -0.3 is 14.8 Å². The molecule has 4 rings (SSSR count). The summed E-state index contributed by atoms with van der Waals surface area (Å²) in [6.45, 7) is 3.33. The van der Waals surface area contributed by atoms with E-state index >= 15 is 0 Å². The van der Waals surface area contributed by atoms with Crippen LogP contribution in [0.4, 0.5) is 13.2 Å². The number of nitrogens with one attached hydrogen (secondary N) is 2. The van der Waals surface area contributed by atoms with E-state index < -0.39 is 25.0 Å². The van der Waals surface area contributed by atoms with Gasteiger partial charge in [-0.3, -0.25) is 9.36 Å². The molecule has 0 fully saturated rings. The molecular formula is C26H23ClF3N2O3P. The second-order valence-electron chi connectivity index (χ2n) is 8.46. The normalized spacial score (nSPS) is 13.5. The molecule has 1 atom stereocenters. The first-order valence-corrected chi connectivity index (χ1v) is 12.9. The van der Waals surface area contributed by atoms with E-state index in [2.05, 4.69) is 10.3 Å². The van der Waals surface area contributed by atoms with Crippen LogP contribution in [0.5, 0.6) is 0 Å². The van der Waals surface area contributed by atoms with Crippen LogP contribution in [0.15, 0.2) is 60.7 Å². The molecule has 5 nitrogen and oxygen atoms in total. The maximum atomic E-state index is 14.4. The Labute approximate surface area is 211 Å². The number of carbonyl (C=O) groups excluding carboxylic acids is 1. The predicted molar refractivity (Wildman–Crippen MR) is 136 cm³/mol. The Hall–Kier alpha value is -3.06. The van der Waals surface area contributed by atoms with Crippen molar-refractivity contribution in [2.45, 2.75) is 26.6 Å². The first-order chi connectivity index (χ1) is 16.9. The van der Waals surface area contributed by atoms with Crippen molar-refractivity contribution >= 4 is 46.4 Å². The summed E-state index contributed by atoms with van der Waals surface area (Å²) >= 11 is 6.22. The van der Waals surface area contributed by atoms with Gasteiger partial charge in [-0.25, -0.2) is 0 Å².